The number of sulfonamides is 1. The highest BCUT2D eigenvalue weighted by Crippen LogP contribution is 2.17. The topological polar surface area (TPSA) is 98.6 Å². The fraction of sp³-hybridized carbons (Fsp3) is 0.231. The zero-order valence-corrected chi connectivity index (χ0v) is 12.0. The van der Waals surface area contributed by atoms with Crippen LogP contribution in [-0.4, -0.2) is 18.6 Å². The predicted molar refractivity (Wildman–Crippen MR) is 75.5 cm³/mol. The highest BCUT2D eigenvalue weighted by molar-refractivity contribution is 7.91. The van der Waals surface area contributed by atoms with E-state index in [2.05, 4.69) is 14.9 Å². The van der Waals surface area contributed by atoms with Crippen molar-refractivity contribution in [2.45, 2.75) is 19.6 Å². The molecule has 0 amide bonds. The lowest BCUT2D eigenvalue weighted by Crippen LogP contribution is -2.16. The molecule has 0 atom stereocenters. The number of hydrogen-bond donors (Lipinski definition) is 2. The summed E-state index contributed by atoms with van der Waals surface area (Å²) < 4.78 is 26.5. The smallest absolute Gasteiger partial charge is 0.238 e. The van der Waals surface area contributed by atoms with E-state index in [4.69, 9.17) is 5.26 Å². The normalized spacial score (nSPS) is 11.1. The molecule has 0 radical (unpaired) electrons. The molecule has 1 aromatic carbocycles. The number of rotatable bonds is 4. The van der Waals surface area contributed by atoms with E-state index in [0.29, 0.717) is 11.3 Å². The lowest BCUT2D eigenvalue weighted by Gasteiger charge is -2.06. The molecule has 6 nitrogen and oxygen atoms in total. The number of nitrogens with zero attached hydrogens (tertiary/aromatic N) is 2. The lowest BCUT2D eigenvalue weighted by atomic mass is 10.2. The van der Waals surface area contributed by atoms with Crippen LogP contribution in [-0.2, 0) is 15.8 Å². The van der Waals surface area contributed by atoms with Crippen LogP contribution in [0.2, 0.25) is 0 Å². The first-order valence-corrected chi connectivity index (χ1v) is 7.57. The molecule has 0 unspecified atom stereocenters. The molecular weight excluding hydrogens is 276 g/mol. The Balaban J connectivity index is 2.22. The molecule has 0 saturated heterocycles. The Hall–Kier alpha value is -2.33. The molecule has 7 heteroatoms. The third-order valence-electron chi connectivity index (χ3n) is 2.75. The number of aryl methyl sites for hydroxylation is 2. The number of anilines is 1. The SMILES string of the molecule is Cc1cccc(CS(=O)(=O)Nc2n[nH]c(C)c2C#N)c1. The summed E-state index contributed by atoms with van der Waals surface area (Å²) in [6, 6.07) is 9.17. The van der Waals surface area contributed by atoms with Crippen LogP contribution in [0.4, 0.5) is 5.82 Å². The molecule has 0 spiro atoms. The Morgan fingerprint density at radius 3 is 2.80 bits per heavy atom. The van der Waals surface area contributed by atoms with Gasteiger partial charge in [0.15, 0.2) is 5.82 Å². The van der Waals surface area contributed by atoms with E-state index >= 15 is 0 Å². The Kier molecular flexibility index (Phi) is 3.77. The molecule has 2 aromatic rings. The summed E-state index contributed by atoms with van der Waals surface area (Å²) in [4.78, 5) is 0. The maximum absolute atomic E-state index is 12.1. The second-order valence-corrected chi connectivity index (χ2v) is 6.26. The summed E-state index contributed by atoms with van der Waals surface area (Å²) in [6.45, 7) is 3.55. The van der Waals surface area contributed by atoms with Crippen LogP contribution in [0.15, 0.2) is 24.3 Å². The molecule has 1 aromatic heterocycles. The number of aromatic amines is 1. The average Bonchev–Trinajstić information content (AvgIpc) is 2.68. The minimum Gasteiger partial charge on any atom is -0.279 e. The monoisotopic (exact) mass is 290 g/mol. The first kappa shape index (κ1) is 14.1. The first-order valence-electron chi connectivity index (χ1n) is 5.92. The number of hydrogen-bond acceptors (Lipinski definition) is 4. The van der Waals surface area contributed by atoms with E-state index in [9.17, 15) is 8.42 Å². The van der Waals surface area contributed by atoms with Crippen molar-refractivity contribution in [2.75, 3.05) is 4.72 Å². The highest BCUT2D eigenvalue weighted by atomic mass is 32.2. The van der Waals surface area contributed by atoms with Crippen molar-refractivity contribution < 1.29 is 8.42 Å². The molecule has 0 aliphatic heterocycles. The molecule has 0 aliphatic carbocycles. The third kappa shape index (κ3) is 3.16. The molecule has 2 N–H and O–H groups in total. The molecule has 0 fully saturated rings. The van der Waals surface area contributed by atoms with E-state index in [-0.39, 0.29) is 17.1 Å². The van der Waals surface area contributed by atoms with Crippen LogP contribution in [0.5, 0.6) is 0 Å². The summed E-state index contributed by atoms with van der Waals surface area (Å²) in [5.41, 5.74) is 2.41. The summed E-state index contributed by atoms with van der Waals surface area (Å²) in [5, 5.41) is 15.3. The Morgan fingerprint density at radius 1 is 1.40 bits per heavy atom. The van der Waals surface area contributed by atoms with Crippen LogP contribution in [0.3, 0.4) is 0 Å². The predicted octanol–water partition coefficient (Wildman–Crippen LogP) is 1.84. The highest BCUT2D eigenvalue weighted by Gasteiger charge is 2.17. The van der Waals surface area contributed by atoms with Crippen molar-refractivity contribution in [3.63, 3.8) is 0 Å². The fourth-order valence-electron chi connectivity index (χ4n) is 1.84. The van der Waals surface area contributed by atoms with Gasteiger partial charge < -0.3 is 0 Å². The number of aromatic nitrogens is 2. The van der Waals surface area contributed by atoms with E-state index in [1.54, 1.807) is 25.1 Å². The van der Waals surface area contributed by atoms with Crippen LogP contribution < -0.4 is 4.72 Å². The summed E-state index contributed by atoms with van der Waals surface area (Å²) >= 11 is 0. The van der Waals surface area contributed by atoms with Crippen molar-refractivity contribution in [1.82, 2.24) is 10.2 Å². The molecule has 104 valence electrons. The van der Waals surface area contributed by atoms with Crippen LogP contribution >= 0.6 is 0 Å². The van der Waals surface area contributed by atoms with Gasteiger partial charge >= 0.3 is 0 Å². The van der Waals surface area contributed by atoms with Gasteiger partial charge in [-0.2, -0.15) is 10.4 Å². The number of H-pyrrole nitrogens is 1. The number of benzene rings is 1. The van der Waals surface area contributed by atoms with Gasteiger partial charge in [-0.25, -0.2) is 8.42 Å². The molecule has 0 saturated carbocycles. The van der Waals surface area contributed by atoms with Gasteiger partial charge in [-0.05, 0) is 19.4 Å². The Bertz CT molecular complexity index is 772. The van der Waals surface area contributed by atoms with Gasteiger partial charge in [0.05, 0.1) is 11.4 Å². The van der Waals surface area contributed by atoms with Crippen molar-refractivity contribution in [2.24, 2.45) is 0 Å². The second-order valence-electron chi connectivity index (χ2n) is 4.53. The third-order valence-corrected chi connectivity index (χ3v) is 3.97. The van der Waals surface area contributed by atoms with Crippen molar-refractivity contribution in [1.29, 1.82) is 5.26 Å². The van der Waals surface area contributed by atoms with Gasteiger partial charge in [0.25, 0.3) is 0 Å². The molecule has 0 aliphatic rings. The lowest BCUT2D eigenvalue weighted by molar-refractivity contribution is 0.600. The van der Waals surface area contributed by atoms with Gasteiger partial charge in [-0.15, -0.1) is 0 Å². The summed E-state index contributed by atoms with van der Waals surface area (Å²) in [7, 11) is -3.61. The first-order chi connectivity index (χ1) is 9.41. The molecule has 1 heterocycles. The maximum Gasteiger partial charge on any atom is 0.238 e. The van der Waals surface area contributed by atoms with Crippen molar-refractivity contribution in [3.8, 4) is 6.07 Å². The minimum absolute atomic E-state index is 0.0395. The van der Waals surface area contributed by atoms with Crippen LogP contribution in [0.25, 0.3) is 0 Å². The zero-order chi connectivity index (χ0) is 14.8. The van der Waals surface area contributed by atoms with Gasteiger partial charge in [0.2, 0.25) is 10.0 Å². The van der Waals surface area contributed by atoms with E-state index in [1.807, 2.05) is 19.1 Å². The van der Waals surface area contributed by atoms with Crippen LogP contribution in [0, 0.1) is 25.2 Å². The quantitative estimate of drug-likeness (QED) is 0.897. The molecule has 20 heavy (non-hydrogen) atoms. The Labute approximate surface area is 117 Å². The molecule has 2 rings (SSSR count). The van der Waals surface area contributed by atoms with Gasteiger partial charge in [-0.1, -0.05) is 29.8 Å². The standard InChI is InChI=1S/C13H14N4O2S/c1-9-4-3-5-11(6-9)8-20(18,19)17-13-12(7-14)10(2)15-16-13/h3-6H,8H2,1-2H3,(H2,15,16,17). The van der Waals surface area contributed by atoms with Gasteiger partial charge in [0.1, 0.15) is 11.6 Å². The number of nitriles is 1. The fourth-order valence-corrected chi connectivity index (χ4v) is 2.98. The van der Waals surface area contributed by atoms with E-state index < -0.39 is 10.0 Å². The Morgan fingerprint density at radius 2 is 2.15 bits per heavy atom. The zero-order valence-electron chi connectivity index (χ0n) is 11.1. The minimum atomic E-state index is -3.61. The van der Waals surface area contributed by atoms with Gasteiger partial charge in [-0.3, -0.25) is 9.82 Å². The van der Waals surface area contributed by atoms with E-state index in [0.717, 1.165) is 5.56 Å². The van der Waals surface area contributed by atoms with Crippen molar-refractivity contribution in [3.05, 3.63) is 46.6 Å². The van der Waals surface area contributed by atoms with Gasteiger partial charge in [0, 0.05) is 0 Å². The van der Waals surface area contributed by atoms with E-state index in [1.165, 1.54) is 0 Å². The maximum atomic E-state index is 12.1. The molecular formula is C13H14N4O2S. The molecule has 0 bridgehead atoms. The summed E-state index contributed by atoms with van der Waals surface area (Å²) in [6.07, 6.45) is 0. The largest absolute Gasteiger partial charge is 0.279 e. The van der Waals surface area contributed by atoms with Crippen LogP contribution in [0.1, 0.15) is 22.4 Å². The average molecular weight is 290 g/mol. The summed E-state index contributed by atoms with van der Waals surface area (Å²) in [5.74, 6) is -0.122. The number of nitrogens with one attached hydrogen (secondary N) is 2. The van der Waals surface area contributed by atoms with Crippen molar-refractivity contribution >= 4 is 15.8 Å². The second kappa shape index (κ2) is 5.35.